The van der Waals surface area contributed by atoms with Gasteiger partial charge in [0.05, 0.1) is 5.69 Å². The summed E-state index contributed by atoms with van der Waals surface area (Å²) in [4.78, 5) is 2.69. The standard InChI is InChI=1S/C9H9NO4/c11-7-2-4-1-6(9(13)14)10-5(4)3-8(7)12/h1-3,9-14H. The molecular weight excluding hydrogens is 186 g/mol. The molecule has 1 aromatic carbocycles. The Kier molecular flexibility index (Phi) is 1.83. The molecule has 0 aliphatic carbocycles. The van der Waals surface area contributed by atoms with Crippen LogP contribution in [0.25, 0.3) is 10.9 Å². The van der Waals surface area contributed by atoms with Crippen LogP contribution in [-0.2, 0) is 0 Å². The molecule has 0 atom stereocenters. The van der Waals surface area contributed by atoms with E-state index in [0.29, 0.717) is 10.9 Å². The van der Waals surface area contributed by atoms with Crippen molar-refractivity contribution in [1.82, 2.24) is 4.98 Å². The monoisotopic (exact) mass is 195 g/mol. The maximum Gasteiger partial charge on any atom is 0.193 e. The Morgan fingerprint density at radius 3 is 2.29 bits per heavy atom. The van der Waals surface area contributed by atoms with Gasteiger partial charge in [-0.2, -0.15) is 0 Å². The van der Waals surface area contributed by atoms with Gasteiger partial charge in [-0.3, -0.25) is 0 Å². The van der Waals surface area contributed by atoms with Crippen LogP contribution in [0.1, 0.15) is 12.0 Å². The number of fused-ring (bicyclic) bond motifs is 1. The number of benzene rings is 1. The molecule has 0 aliphatic heterocycles. The molecule has 5 heteroatoms. The number of aliphatic hydroxyl groups is 2. The number of nitrogens with one attached hydrogen (secondary N) is 1. The molecule has 74 valence electrons. The fourth-order valence-corrected chi connectivity index (χ4v) is 1.32. The highest BCUT2D eigenvalue weighted by Gasteiger charge is 2.09. The maximum absolute atomic E-state index is 9.18. The lowest BCUT2D eigenvalue weighted by atomic mass is 10.2. The number of phenols is 2. The Balaban J connectivity index is 2.66. The van der Waals surface area contributed by atoms with Crippen LogP contribution in [0.2, 0.25) is 0 Å². The first kappa shape index (κ1) is 8.86. The van der Waals surface area contributed by atoms with Crippen LogP contribution < -0.4 is 0 Å². The van der Waals surface area contributed by atoms with Gasteiger partial charge in [0.2, 0.25) is 0 Å². The number of aromatic hydroxyl groups is 2. The second-order valence-electron chi connectivity index (χ2n) is 3.03. The van der Waals surface area contributed by atoms with Crippen molar-refractivity contribution in [1.29, 1.82) is 0 Å². The fraction of sp³-hybridized carbons (Fsp3) is 0.111. The average molecular weight is 195 g/mol. The number of aromatic nitrogens is 1. The van der Waals surface area contributed by atoms with Gasteiger partial charge in [-0.25, -0.2) is 0 Å². The summed E-state index contributed by atoms with van der Waals surface area (Å²) < 4.78 is 0. The number of hydrogen-bond donors (Lipinski definition) is 5. The Labute approximate surface area is 78.9 Å². The molecule has 2 aromatic rings. The third kappa shape index (κ3) is 1.28. The minimum atomic E-state index is -1.59. The Morgan fingerprint density at radius 1 is 1.00 bits per heavy atom. The van der Waals surface area contributed by atoms with Crippen molar-refractivity contribution in [2.45, 2.75) is 6.29 Å². The number of rotatable bonds is 1. The zero-order chi connectivity index (χ0) is 10.3. The molecule has 14 heavy (non-hydrogen) atoms. The summed E-state index contributed by atoms with van der Waals surface area (Å²) in [6.07, 6.45) is -1.59. The first-order chi connectivity index (χ1) is 6.58. The van der Waals surface area contributed by atoms with E-state index in [1.165, 1.54) is 18.2 Å². The lowest BCUT2D eigenvalue weighted by molar-refractivity contribution is -0.0453. The molecule has 0 saturated carbocycles. The van der Waals surface area contributed by atoms with Gasteiger partial charge in [-0.15, -0.1) is 0 Å². The highest BCUT2D eigenvalue weighted by Crippen LogP contribution is 2.30. The summed E-state index contributed by atoms with van der Waals surface area (Å²) in [5, 5.41) is 36.7. The molecule has 0 bridgehead atoms. The van der Waals surface area contributed by atoms with Crippen molar-refractivity contribution in [3.05, 3.63) is 23.9 Å². The quantitative estimate of drug-likeness (QED) is 0.339. The molecule has 5 nitrogen and oxygen atoms in total. The Morgan fingerprint density at radius 2 is 1.64 bits per heavy atom. The zero-order valence-corrected chi connectivity index (χ0v) is 7.10. The molecule has 5 N–H and O–H groups in total. The van der Waals surface area contributed by atoms with Crippen LogP contribution in [0.3, 0.4) is 0 Å². The van der Waals surface area contributed by atoms with Crippen molar-refractivity contribution >= 4 is 10.9 Å². The van der Waals surface area contributed by atoms with E-state index in [-0.39, 0.29) is 17.2 Å². The summed E-state index contributed by atoms with van der Waals surface area (Å²) in [5.41, 5.74) is 0.744. The third-order valence-electron chi connectivity index (χ3n) is 2.01. The van der Waals surface area contributed by atoms with Crippen molar-refractivity contribution in [2.24, 2.45) is 0 Å². The van der Waals surface area contributed by atoms with Crippen LogP contribution in [-0.4, -0.2) is 25.4 Å². The first-order valence-corrected chi connectivity index (χ1v) is 3.98. The van der Waals surface area contributed by atoms with Gasteiger partial charge in [0.1, 0.15) is 0 Å². The minimum absolute atomic E-state index is 0.213. The van der Waals surface area contributed by atoms with E-state index in [9.17, 15) is 10.2 Å². The molecule has 2 rings (SSSR count). The molecule has 1 aromatic heterocycles. The molecule has 1 heterocycles. The van der Waals surface area contributed by atoms with Crippen molar-refractivity contribution in [3.8, 4) is 11.5 Å². The van der Waals surface area contributed by atoms with Gasteiger partial charge >= 0.3 is 0 Å². The van der Waals surface area contributed by atoms with Crippen molar-refractivity contribution in [3.63, 3.8) is 0 Å². The van der Waals surface area contributed by atoms with Gasteiger partial charge < -0.3 is 25.4 Å². The Bertz CT molecular complexity index is 436. The predicted octanol–water partition coefficient (Wildman–Crippen LogP) is 0.562. The van der Waals surface area contributed by atoms with Crippen LogP contribution in [0.4, 0.5) is 0 Å². The van der Waals surface area contributed by atoms with E-state index in [0.717, 1.165) is 0 Å². The number of aromatic amines is 1. The minimum Gasteiger partial charge on any atom is -0.504 e. The zero-order valence-electron chi connectivity index (χ0n) is 7.10. The van der Waals surface area contributed by atoms with Crippen LogP contribution in [0.15, 0.2) is 18.2 Å². The molecule has 0 amide bonds. The van der Waals surface area contributed by atoms with Gasteiger partial charge in [-0.1, -0.05) is 0 Å². The summed E-state index contributed by atoms with van der Waals surface area (Å²) in [6, 6.07) is 4.14. The lowest BCUT2D eigenvalue weighted by Gasteiger charge is -1.97. The topological polar surface area (TPSA) is 96.7 Å². The molecule has 0 aliphatic rings. The van der Waals surface area contributed by atoms with Gasteiger partial charge in [0, 0.05) is 17.0 Å². The van der Waals surface area contributed by atoms with Gasteiger partial charge in [-0.05, 0) is 12.1 Å². The summed E-state index contributed by atoms with van der Waals surface area (Å²) >= 11 is 0. The molecule has 0 saturated heterocycles. The predicted molar refractivity (Wildman–Crippen MR) is 48.8 cm³/mol. The van der Waals surface area contributed by atoms with Crippen LogP contribution >= 0.6 is 0 Å². The maximum atomic E-state index is 9.18. The SMILES string of the molecule is Oc1cc2cc(C(O)O)[nH]c2cc1O. The Hall–Kier alpha value is -1.72. The number of aliphatic hydroxyl groups excluding tert-OH is 1. The van der Waals surface area contributed by atoms with Crippen LogP contribution in [0.5, 0.6) is 11.5 Å². The highest BCUT2D eigenvalue weighted by atomic mass is 16.5. The van der Waals surface area contributed by atoms with E-state index in [2.05, 4.69) is 4.98 Å². The van der Waals surface area contributed by atoms with Gasteiger partial charge in [0.25, 0.3) is 0 Å². The summed E-state index contributed by atoms with van der Waals surface area (Å²) in [5.74, 6) is -0.492. The summed E-state index contributed by atoms with van der Waals surface area (Å²) in [7, 11) is 0. The van der Waals surface area contributed by atoms with Crippen LogP contribution in [0, 0.1) is 0 Å². The van der Waals surface area contributed by atoms with E-state index in [1.807, 2.05) is 0 Å². The molecule has 0 fully saturated rings. The summed E-state index contributed by atoms with van der Waals surface area (Å²) in [6.45, 7) is 0. The average Bonchev–Trinajstić information content (AvgIpc) is 2.48. The molecule has 0 spiro atoms. The number of hydrogen-bond acceptors (Lipinski definition) is 4. The van der Waals surface area contributed by atoms with E-state index in [4.69, 9.17) is 10.2 Å². The smallest absolute Gasteiger partial charge is 0.193 e. The second kappa shape index (κ2) is 2.90. The third-order valence-corrected chi connectivity index (χ3v) is 2.01. The molecule has 0 radical (unpaired) electrons. The normalized spacial score (nSPS) is 11.4. The van der Waals surface area contributed by atoms with Gasteiger partial charge in [0.15, 0.2) is 17.8 Å². The van der Waals surface area contributed by atoms with Crippen molar-refractivity contribution < 1.29 is 20.4 Å². The van der Waals surface area contributed by atoms with E-state index >= 15 is 0 Å². The highest BCUT2D eigenvalue weighted by molar-refractivity contribution is 5.84. The lowest BCUT2D eigenvalue weighted by Crippen LogP contribution is -1.93. The van der Waals surface area contributed by atoms with Crippen molar-refractivity contribution in [2.75, 3.05) is 0 Å². The molecular formula is C9H9NO4. The second-order valence-corrected chi connectivity index (χ2v) is 3.03. The number of phenolic OH excluding ortho intramolecular Hbond substituents is 2. The number of H-pyrrole nitrogens is 1. The van der Waals surface area contributed by atoms with E-state index < -0.39 is 6.29 Å². The first-order valence-electron chi connectivity index (χ1n) is 3.98. The molecule has 0 unspecified atom stereocenters. The fourth-order valence-electron chi connectivity index (χ4n) is 1.32. The van der Waals surface area contributed by atoms with E-state index in [1.54, 1.807) is 0 Å². The largest absolute Gasteiger partial charge is 0.504 e.